The number of nitrogens with one attached hydrogen (secondary N) is 1. The normalized spacial score (nSPS) is 11.8. The summed E-state index contributed by atoms with van der Waals surface area (Å²) < 4.78 is 41.3. The smallest absolute Gasteiger partial charge is 0.351 e. The van der Waals surface area contributed by atoms with E-state index in [0.29, 0.717) is 17.3 Å². The first-order valence-electron chi connectivity index (χ1n) is 5.04. The molecule has 0 bridgehead atoms. The van der Waals surface area contributed by atoms with Gasteiger partial charge in [-0.05, 0) is 25.5 Å². The molecule has 0 atom stereocenters. The Bertz CT molecular complexity index is 640. The first-order chi connectivity index (χ1) is 8.29. The molecule has 4 nitrogen and oxygen atoms in total. The zero-order valence-electron chi connectivity index (χ0n) is 9.55. The molecule has 0 aliphatic carbocycles. The number of aromatic nitrogens is 2. The minimum atomic E-state index is -4.61. The summed E-state index contributed by atoms with van der Waals surface area (Å²) in [5.41, 5.74) is 0.634. The lowest BCUT2D eigenvalue weighted by Gasteiger charge is -2.01. The number of hydrogen-bond donors (Lipinski definition) is 1. The fourth-order valence-corrected chi connectivity index (χ4v) is 1.70. The van der Waals surface area contributed by atoms with E-state index in [4.69, 9.17) is 0 Å². The van der Waals surface area contributed by atoms with Crippen LogP contribution in [0.4, 0.5) is 13.2 Å². The number of pyridine rings is 1. The van der Waals surface area contributed by atoms with Crippen LogP contribution in [-0.4, -0.2) is 10.1 Å². The van der Waals surface area contributed by atoms with Gasteiger partial charge in [0.25, 0.3) is 5.56 Å². The maximum absolute atomic E-state index is 12.4. The van der Waals surface area contributed by atoms with Gasteiger partial charge in [0.15, 0.2) is 0 Å². The van der Waals surface area contributed by atoms with Gasteiger partial charge in [0.2, 0.25) is 5.76 Å². The van der Waals surface area contributed by atoms with Gasteiger partial charge in [-0.15, -0.1) is 0 Å². The first kappa shape index (κ1) is 12.4. The van der Waals surface area contributed by atoms with Crippen molar-refractivity contribution >= 4 is 0 Å². The second-order valence-corrected chi connectivity index (χ2v) is 3.91. The van der Waals surface area contributed by atoms with Crippen molar-refractivity contribution in [3.8, 4) is 11.3 Å². The molecule has 2 rings (SSSR count). The zero-order chi connectivity index (χ0) is 13.5. The van der Waals surface area contributed by atoms with Crippen LogP contribution in [0.3, 0.4) is 0 Å². The van der Waals surface area contributed by atoms with Gasteiger partial charge in [-0.2, -0.15) is 13.2 Å². The number of halogens is 3. The SMILES string of the molecule is Cc1cc(C)c(-c2cc(C(F)(F)F)on2)c(=O)[nH]1. The molecule has 0 fully saturated rings. The maximum Gasteiger partial charge on any atom is 0.452 e. The Morgan fingerprint density at radius 1 is 1.28 bits per heavy atom. The number of aromatic amines is 1. The molecule has 0 saturated carbocycles. The molecular formula is C11H9F3N2O2. The van der Waals surface area contributed by atoms with E-state index < -0.39 is 17.5 Å². The van der Waals surface area contributed by atoms with Crippen molar-refractivity contribution in [2.24, 2.45) is 0 Å². The summed E-state index contributed by atoms with van der Waals surface area (Å²) in [6.45, 7) is 3.31. The highest BCUT2D eigenvalue weighted by atomic mass is 19.4. The molecule has 0 spiro atoms. The van der Waals surface area contributed by atoms with Crippen molar-refractivity contribution < 1.29 is 17.7 Å². The van der Waals surface area contributed by atoms with E-state index in [0.717, 1.165) is 0 Å². The van der Waals surface area contributed by atoms with Crippen molar-refractivity contribution in [1.82, 2.24) is 10.1 Å². The van der Waals surface area contributed by atoms with E-state index >= 15 is 0 Å². The Hall–Kier alpha value is -2.05. The molecule has 0 aliphatic heterocycles. The maximum atomic E-state index is 12.4. The summed E-state index contributed by atoms with van der Waals surface area (Å²) in [6, 6.07) is 2.37. The summed E-state index contributed by atoms with van der Waals surface area (Å²) in [4.78, 5) is 14.2. The molecule has 0 saturated heterocycles. The van der Waals surface area contributed by atoms with Crippen molar-refractivity contribution in [1.29, 1.82) is 0 Å². The van der Waals surface area contributed by atoms with Gasteiger partial charge in [-0.25, -0.2) is 0 Å². The number of nitrogens with zero attached hydrogens (tertiary/aromatic N) is 1. The van der Waals surface area contributed by atoms with Crippen LogP contribution in [0.15, 0.2) is 21.5 Å². The number of aryl methyl sites for hydroxylation is 2. The molecule has 2 aromatic heterocycles. The summed E-state index contributed by atoms with van der Waals surface area (Å²) in [5.74, 6) is -1.23. The molecule has 96 valence electrons. The van der Waals surface area contributed by atoms with Gasteiger partial charge in [0.05, 0.1) is 5.56 Å². The van der Waals surface area contributed by atoms with Crippen molar-refractivity contribution in [3.63, 3.8) is 0 Å². The Morgan fingerprint density at radius 3 is 2.44 bits per heavy atom. The van der Waals surface area contributed by atoms with E-state index in [1.54, 1.807) is 19.9 Å². The zero-order valence-corrected chi connectivity index (χ0v) is 9.55. The van der Waals surface area contributed by atoms with Crippen molar-refractivity contribution in [3.05, 3.63) is 39.5 Å². The predicted octanol–water partition coefficient (Wildman–Crippen LogP) is 2.67. The second-order valence-electron chi connectivity index (χ2n) is 3.91. The van der Waals surface area contributed by atoms with Gasteiger partial charge in [0, 0.05) is 11.8 Å². The fraction of sp³-hybridized carbons (Fsp3) is 0.273. The van der Waals surface area contributed by atoms with Gasteiger partial charge in [0.1, 0.15) is 5.69 Å². The first-order valence-corrected chi connectivity index (χ1v) is 5.04. The molecule has 0 radical (unpaired) electrons. The van der Waals surface area contributed by atoms with E-state index in [2.05, 4.69) is 14.7 Å². The summed E-state index contributed by atoms with van der Waals surface area (Å²) >= 11 is 0. The quantitative estimate of drug-likeness (QED) is 0.855. The molecule has 1 N–H and O–H groups in total. The average molecular weight is 258 g/mol. The minimum Gasteiger partial charge on any atom is -0.351 e. The topological polar surface area (TPSA) is 58.9 Å². The summed E-state index contributed by atoms with van der Waals surface area (Å²) in [5, 5.41) is 3.29. The number of alkyl halides is 3. The van der Waals surface area contributed by atoms with Gasteiger partial charge in [-0.3, -0.25) is 4.79 Å². The predicted molar refractivity (Wildman–Crippen MR) is 57.0 cm³/mol. The van der Waals surface area contributed by atoms with Crippen molar-refractivity contribution in [2.75, 3.05) is 0 Å². The van der Waals surface area contributed by atoms with Crippen LogP contribution in [0.5, 0.6) is 0 Å². The largest absolute Gasteiger partial charge is 0.452 e. The van der Waals surface area contributed by atoms with E-state index in [1.165, 1.54) is 0 Å². The van der Waals surface area contributed by atoms with E-state index in [9.17, 15) is 18.0 Å². The third-order valence-electron chi connectivity index (χ3n) is 2.41. The van der Waals surface area contributed by atoms with Crippen LogP contribution in [0.2, 0.25) is 0 Å². The van der Waals surface area contributed by atoms with Crippen LogP contribution in [0.25, 0.3) is 11.3 Å². The van der Waals surface area contributed by atoms with Crippen LogP contribution in [0, 0.1) is 13.8 Å². The highest BCUT2D eigenvalue weighted by Crippen LogP contribution is 2.31. The lowest BCUT2D eigenvalue weighted by Crippen LogP contribution is -2.12. The van der Waals surface area contributed by atoms with Gasteiger partial charge in [-0.1, -0.05) is 5.16 Å². The summed E-state index contributed by atoms with van der Waals surface area (Å²) in [6.07, 6.45) is -4.61. The molecular weight excluding hydrogens is 249 g/mol. The second kappa shape index (κ2) is 4.01. The Kier molecular flexibility index (Phi) is 2.76. The number of rotatable bonds is 1. The number of hydrogen-bond acceptors (Lipinski definition) is 3. The van der Waals surface area contributed by atoms with Crippen LogP contribution in [0.1, 0.15) is 17.0 Å². The monoisotopic (exact) mass is 258 g/mol. The molecule has 2 aromatic rings. The van der Waals surface area contributed by atoms with Crippen LogP contribution >= 0.6 is 0 Å². The van der Waals surface area contributed by atoms with Crippen molar-refractivity contribution in [2.45, 2.75) is 20.0 Å². The molecule has 18 heavy (non-hydrogen) atoms. The third kappa shape index (κ3) is 2.15. The molecule has 0 aliphatic rings. The highest BCUT2D eigenvalue weighted by Gasteiger charge is 2.36. The third-order valence-corrected chi connectivity index (χ3v) is 2.41. The molecule has 7 heteroatoms. The van der Waals surface area contributed by atoms with Crippen LogP contribution < -0.4 is 5.56 Å². The fourth-order valence-electron chi connectivity index (χ4n) is 1.70. The Labute approximate surface area is 99.4 Å². The highest BCUT2D eigenvalue weighted by molar-refractivity contribution is 5.62. The average Bonchev–Trinajstić information content (AvgIpc) is 2.64. The Balaban J connectivity index is 2.57. The Morgan fingerprint density at radius 2 is 1.94 bits per heavy atom. The lowest BCUT2D eigenvalue weighted by molar-refractivity contribution is -0.155. The molecule has 0 aromatic carbocycles. The standard InChI is InChI=1S/C11H9F3N2O2/c1-5-3-6(2)15-10(17)9(5)7-4-8(18-16-7)11(12,13)14/h3-4H,1-2H3,(H,15,17). The van der Waals surface area contributed by atoms with Gasteiger partial charge >= 0.3 is 6.18 Å². The minimum absolute atomic E-state index is 0.0832. The lowest BCUT2D eigenvalue weighted by atomic mass is 10.1. The van der Waals surface area contributed by atoms with Crippen LogP contribution in [-0.2, 0) is 6.18 Å². The van der Waals surface area contributed by atoms with E-state index in [1.807, 2.05) is 0 Å². The number of H-pyrrole nitrogens is 1. The molecule has 0 amide bonds. The van der Waals surface area contributed by atoms with Gasteiger partial charge < -0.3 is 9.51 Å². The van der Waals surface area contributed by atoms with E-state index in [-0.39, 0.29) is 11.3 Å². The summed E-state index contributed by atoms with van der Waals surface area (Å²) in [7, 11) is 0. The molecule has 0 unspecified atom stereocenters. The molecule has 2 heterocycles.